The Morgan fingerprint density at radius 1 is 1.07 bits per heavy atom. The molecule has 0 aliphatic carbocycles. The predicted octanol–water partition coefficient (Wildman–Crippen LogP) is 2.18. The summed E-state index contributed by atoms with van der Waals surface area (Å²) < 4.78 is 33.0. The number of carbonyl (C=O) groups excluding carboxylic acids is 1. The van der Waals surface area contributed by atoms with Crippen molar-refractivity contribution >= 4 is 33.2 Å². The van der Waals surface area contributed by atoms with E-state index in [4.69, 9.17) is 16.3 Å². The molecule has 0 spiro atoms. The topological polar surface area (TPSA) is 79.0 Å². The van der Waals surface area contributed by atoms with Gasteiger partial charge in [-0.2, -0.15) is 4.31 Å². The molecule has 0 unspecified atom stereocenters. The van der Waals surface area contributed by atoms with Crippen molar-refractivity contribution in [3.63, 3.8) is 0 Å². The van der Waals surface area contributed by atoms with E-state index >= 15 is 0 Å². The second-order valence-corrected chi connectivity index (χ2v) is 9.10. The van der Waals surface area contributed by atoms with Crippen LogP contribution in [0.25, 0.3) is 0 Å². The number of piperazine rings is 1. The van der Waals surface area contributed by atoms with Gasteiger partial charge in [-0.05, 0) is 11.6 Å². The average Bonchev–Trinajstić information content (AvgIpc) is 2.68. The molecule has 0 aromatic heterocycles. The number of sulfonamides is 1. The highest BCUT2D eigenvalue weighted by atomic mass is 35.5. The fraction of sp³-hybridized carbons (Fsp3) is 0.316. The van der Waals surface area contributed by atoms with Crippen molar-refractivity contribution in [2.75, 3.05) is 38.1 Å². The van der Waals surface area contributed by atoms with Crippen molar-refractivity contribution in [1.29, 1.82) is 0 Å². The van der Waals surface area contributed by atoms with E-state index in [9.17, 15) is 13.2 Å². The molecule has 28 heavy (non-hydrogen) atoms. The summed E-state index contributed by atoms with van der Waals surface area (Å²) in [7, 11) is -3.75. The number of carbonyl (C=O) groups is 1. The number of nitrogens with one attached hydrogen (secondary N) is 1. The molecule has 1 saturated heterocycles. The van der Waals surface area contributed by atoms with E-state index < -0.39 is 10.0 Å². The van der Waals surface area contributed by atoms with Crippen LogP contribution in [-0.2, 0) is 21.4 Å². The average molecular weight is 422 g/mol. The van der Waals surface area contributed by atoms with E-state index in [1.165, 1.54) is 22.0 Å². The lowest BCUT2D eigenvalue weighted by atomic mass is 10.2. The van der Waals surface area contributed by atoms with Crippen LogP contribution in [0.3, 0.4) is 0 Å². The van der Waals surface area contributed by atoms with Crippen molar-refractivity contribution < 1.29 is 17.9 Å². The minimum atomic E-state index is -3.75. The zero-order valence-corrected chi connectivity index (χ0v) is 16.7. The standard InChI is InChI=1S/C19H20ClN3O4S/c20-15-10-16-17(27-13-19(24)21-16)11-18(15)28(25,26)23-8-6-22(7-9-23)12-14-4-2-1-3-5-14/h1-5,10-11H,6-9,12-13H2,(H,21,24). The quantitative estimate of drug-likeness (QED) is 0.818. The van der Waals surface area contributed by atoms with Crippen LogP contribution in [0.4, 0.5) is 5.69 Å². The highest BCUT2D eigenvalue weighted by molar-refractivity contribution is 7.89. The van der Waals surface area contributed by atoms with E-state index in [1.54, 1.807) is 0 Å². The summed E-state index contributed by atoms with van der Waals surface area (Å²) in [6, 6.07) is 12.9. The molecular weight excluding hydrogens is 402 g/mol. The summed E-state index contributed by atoms with van der Waals surface area (Å²) in [5.41, 5.74) is 1.59. The zero-order chi connectivity index (χ0) is 19.7. The number of rotatable bonds is 4. The van der Waals surface area contributed by atoms with Crippen LogP contribution in [0, 0.1) is 0 Å². The molecule has 7 nitrogen and oxygen atoms in total. The van der Waals surface area contributed by atoms with Crippen molar-refractivity contribution in [3.8, 4) is 5.75 Å². The predicted molar refractivity (Wildman–Crippen MR) is 106 cm³/mol. The number of benzene rings is 2. The maximum Gasteiger partial charge on any atom is 0.262 e. The number of hydrogen-bond acceptors (Lipinski definition) is 5. The summed E-state index contributed by atoms with van der Waals surface area (Å²) in [5.74, 6) is 0.0130. The first-order valence-electron chi connectivity index (χ1n) is 8.96. The molecule has 4 rings (SSSR count). The van der Waals surface area contributed by atoms with Gasteiger partial charge >= 0.3 is 0 Å². The monoisotopic (exact) mass is 421 g/mol. The summed E-state index contributed by atoms with van der Waals surface area (Å²) in [6.07, 6.45) is 0. The minimum absolute atomic E-state index is 0.000532. The molecule has 148 valence electrons. The largest absolute Gasteiger partial charge is 0.482 e. The fourth-order valence-corrected chi connectivity index (χ4v) is 5.33. The molecule has 1 N–H and O–H groups in total. The molecule has 0 radical (unpaired) electrons. The second kappa shape index (κ2) is 7.71. The Morgan fingerprint density at radius 2 is 1.79 bits per heavy atom. The summed E-state index contributed by atoms with van der Waals surface area (Å²) in [5, 5.41) is 2.69. The van der Waals surface area contributed by atoms with Crippen molar-refractivity contribution in [2.24, 2.45) is 0 Å². The van der Waals surface area contributed by atoms with Gasteiger partial charge in [0.15, 0.2) is 6.61 Å². The van der Waals surface area contributed by atoms with Crippen LogP contribution in [0.1, 0.15) is 5.56 Å². The lowest BCUT2D eigenvalue weighted by Gasteiger charge is -2.34. The molecule has 1 fully saturated rings. The minimum Gasteiger partial charge on any atom is -0.482 e. The van der Waals surface area contributed by atoms with Gasteiger partial charge in [-0.15, -0.1) is 0 Å². The number of ether oxygens (including phenoxy) is 1. The number of hydrogen-bond donors (Lipinski definition) is 1. The third-order valence-electron chi connectivity index (χ3n) is 4.87. The molecule has 2 aromatic carbocycles. The Balaban J connectivity index is 1.48. The Labute approximate surface area is 168 Å². The van der Waals surface area contributed by atoms with Gasteiger partial charge in [0.25, 0.3) is 5.91 Å². The van der Waals surface area contributed by atoms with Crippen molar-refractivity contribution in [1.82, 2.24) is 9.21 Å². The third kappa shape index (κ3) is 3.86. The third-order valence-corrected chi connectivity index (χ3v) is 7.23. The molecule has 9 heteroatoms. The number of halogens is 1. The number of nitrogens with zero attached hydrogens (tertiary/aromatic N) is 2. The number of fused-ring (bicyclic) bond motifs is 1. The van der Waals surface area contributed by atoms with E-state index in [2.05, 4.69) is 22.3 Å². The Morgan fingerprint density at radius 3 is 2.50 bits per heavy atom. The van der Waals surface area contributed by atoms with Crippen molar-refractivity contribution in [3.05, 3.63) is 53.1 Å². The van der Waals surface area contributed by atoms with Gasteiger partial charge in [-0.25, -0.2) is 8.42 Å². The van der Waals surface area contributed by atoms with E-state index in [-0.39, 0.29) is 22.4 Å². The lowest BCUT2D eigenvalue weighted by Crippen LogP contribution is -2.48. The van der Waals surface area contributed by atoms with Gasteiger partial charge in [0.2, 0.25) is 10.0 Å². The Bertz CT molecular complexity index is 990. The van der Waals surface area contributed by atoms with Crippen LogP contribution >= 0.6 is 11.6 Å². The molecule has 1 amide bonds. The Hall–Kier alpha value is -2.13. The van der Waals surface area contributed by atoms with Gasteiger partial charge in [0.05, 0.1) is 10.7 Å². The Kier molecular flexibility index (Phi) is 5.29. The summed E-state index contributed by atoms with van der Waals surface area (Å²) >= 11 is 6.23. The van der Waals surface area contributed by atoms with Crippen LogP contribution in [0.15, 0.2) is 47.4 Å². The van der Waals surface area contributed by atoms with Crippen LogP contribution in [0.5, 0.6) is 5.75 Å². The number of amides is 1. The molecule has 0 bridgehead atoms. The van der Waals surface area contributed by atoms with Crippen LogP contribution < -0.4 is 10.1 Å². The van der Waals surface area contributed by atoms with E-state index in [1.807, 2.05) is 18.2 Å². The summed E-state index contributed by atoms with van der Waals surface area (Å²) in [4.78, 5) is 13.6. The first-order valence-corrected chi connectivity index (χ1v) is 10.8. The molecule has 0 atom stereocenters. The molecule has 2 aliphatic heterocycles. The maximum atomic E-state index is 13.1. The SMILES string of the molecule is O=C1COc2cc(S(=O)(=O)N3CCN(Cc4ccccc4)CC3)c(Cl)cc2N1. The molecule has 0 saturated carbocycles. The van der Waals surface area contributed by atoms with Gasteiger partial charge in [-0.3, -0.25) is 9.69 Å². The molecular formula is C19H20ClN3O4S. The van der Waals surface area contributed by atoms with Gasteiger partial charge in [0, 0.05) is 38.8 Å². The molecule has 2 heterocycles. The zero-order valence-electron chi connectivity index (χ0n) is 15.1. The highest BCUT2D eigenvalue weighted by Gasteiger charge is 2.32. The normalized spacial score (nSPS) is 18.2. The fourth-order valence-electron chi connectivity index (χ4n) is 3.39. The first kappa shape index (κ1) is 19.2. The molecule has 2 aliphatic rings. The van der Waals surface area contributed by atoms with Crippen LogP contribution in [-0.4, -0.2) is 56.3 Å². The number of anilines is 1. The first-order chi connectivity index (χ1) is 13.4. The van der Waals surface area contributed by atoms with Gasteiger partial charge < -0.3 is 10.1 Å². The van der Waals surface area contributed by atoms with Crippen molar-refractivity contribution in [2.45, 2.75) is 11.4 Å². The lowest BCUT2D eigenvalue weighted by molar-refractivity contribution is -0.118. The van der Waals surface area contributed by atoms with Gasteiger partial charge in [0.1, 0.15) is 10.6 Å². The molecule has 2 aromatic rings. The van der Waals surface area contributed by atoms with Gasteiger partial charge in [-0.1, -0.05) is 41.9 Å². The maximum absolute atomic E-state index is 13.1. The smallest absolute Gasteiger partial charge is 0.262 e. The highest BCUT2D eigenvalue weighted by Crippen LogP contribution is 2.37. The second-order valence-electron chi connectivity index (χ2n) is 6.78. The van der Waals surface area contributed by atoms with Crippen LogP contribution in [0.2, 0.25) is 5.02 Å². The van der Waals surface area contributed by atoms with E-state index in [0.717, 1.165) is 6.54 Å². The summed E-state index contributed by atoms with van der Waals surface area (Å²) in [6.45, 7) is 2.71. The van der Waals surface area contributed by atoms with E-state index in [0.29, 0.717) is 37.6 Å².